The standard InChI is InChI=1S/C20H22N4O2S/c1-14(2)24-13-21-23-20(24)27-12-19(25)22-17-6-4-5-7-18(17)26-16-10-8-15(3)9-11-16/h4-11,13-14H,12H2,1-3H3,(H,22,25). The van der Waals surface area contributed by atoms with Gasteiger partial charge in [-0.1, -0.05) is 41.6 Å². The van der Waals surface area contributed by atoms with Gasteiger partial charge in [0.2, 0.25) is 5.91 Å². The first-order valence-corrected chi connectivity index (χ1v) is 9.67. The minimum Gasteiger partial charge on any atom is -0.455 e. The van der Waals surface area contributed by atoms with Crippen molar-refractivity contribution >= 4 is 23.4 Å². The second-order valence-electron chi connectivity index (χ2n) is 6.36. The summed E-state index contributed by atoms with van der Waals surface area (Å²) in [6.07, 6.45) is 1.68. The molecular weight excluding hydrogens is 360 g/mol. The topological polar surface area (TPSA) is 69.0 Å². The molecule has 3 rings (SSSR count). The summed E-state index contributed by atoms with van der Waals surface area (Å²) >= 11 is 1.36. The molecule has 140 valence electrons. The first-order chi connectivity index (χ1) is 13.0. The van der Waals surface area contributed by atoms with Gasteiger partial charge in [-0.05, 0) is 45.0 Å². The van der Waals surface area contributed by atoms with Crippen LogP contribution in [-0.4, -0.2) is 26.4 Å². The Hall–Kier alpha value is -2.80. The van der Waals surface area contributed by atoms with Gasteiger partial charge in [0.25, 0.3) is 0 Å². The smallest absolute Gasteiger partial charge is 0.234 e. The van der Waals surface area contributed by atoms with Crippen molar-refractivity contribution in [2.75, 3.05) is 11.1 Å². The number of thioether (sulfide) groups is 1. The summed E-state index contributed by atoms with van der Waals surface area (Å²) in [7, 11) is 0. The van der Waals surface area contributed by atoms with Gasteiger partial charge in [0.15, 0.2) is 10.9 Å². The number of amides is 1. The third kappa shape index (κ3) is 5.10. The van der Waals surface area contributed by atoms with E-state index in [0.29, 0.717) is 11.4 Å². The summed E-state index contributed by atoms with van der Waals surface area (Å²) in [5.41, 5.74) is 1.80. The monoisotopic (exact) mass is 382 g/mol. The van der Waals surface area contributed by atoms with Crippen LogP contribution in [0.3, 0.4) is 0 Å². The van der Waals surface area contributed by atoms with Gasteiger partial charge in [-0.2, -0.15) is 0 Å². The molecule has 7 heteroatoms. The van der Waals surface area contributed by atoms with Gasteiger partial charge in [0, 0.05) is 6.04 Å². The zero-order valence-electron chi connectivity index (χ0n) is 15.5. The number of carbonyl (C=O) groups is 1. The van der Waals surface area contributed by atoms with Crippen LogP contribution < -0.4 is 10.1 Å². The van der Waals surface area contributed by atoms with Crippen molar-refractivity contribution in [3.05, 3.63) is 60.4 Å². The SMILES string of the molecule is Cc1ccc(Oc2ccccc2NC(=O)CSc2nncn2C(C)C)cc1. The molecule has 0 fully saturated rings. The van der Waals surface area contributed by atoms with Gasteiger partial charge in [-0.3, -0.25) is 4.79 Å². The number of carbonyl (C=O) groups excluding carboxylic acids is 1. The van der Waals surface area contributed by atoms with Crippen molar-refractivity contribution in [2.45, 2.75) is 32.0 Å². The van der Waals surface area contributed by atoms with E-state index in [1.807, 2.05) is 73.9 Å². The lowest BCUT2D eigenvalue weighted by molar-refractivity contribution is -0.113. The predicted molar refractivity (Wildman–Crippen MR) is 107 cm³/mol. The summed E-state index contributed by atoms with van der Waals surface area (Å²) < 4.78 is 7.86. The highest BCUT2D eigenvalue weighted by Crippen LogP contribution is 2.29. The highest BCUT2D eigenvalue weighted by molar-refractivity contribution is 7.99. The molecule has 2 aromatic carbocycles. The number of para-hydroxylation sites is 2. The van der Waals surface area contributed by atoms with Crippen molar-refractivity contribution in [1.82, 2.24) is 14.8 Å². The van der Waals surface area contributed by atoms with Crippen LogP contribution in [0.1, 0.15) is 25.5 Å². The number of benzene rings is 2. The number of rotatable bonds is 7. The molecule has 27 heavy (non-hydrogen) atoms. The third-order valence-corrected chi connectivity index (χ3v) is 4.80. The van der Waals surface area contributed by atoms with Gasteiger partial charge in [-0.15, -0.1) is 10.2 Å². The van der Waals surface area contributed by atoms with E-state index in [0.717, 1.165) is 16.5 Å². The molecule has 0 saturated carbocycles. The fourth-order valence-electron chi connectivity index (χ4n) is 2.40. The van der Waals surface area contributed by atoms with E-state index in [4.69, 9.17) is 4.74 Å². The Morgan fingerprint density at radius 2 is 1.93 bits per heavy atom. The number of ether oxygens (including phenoxy) is 1. The Labute approximate surface area is 163 Å². The molecule has 1 heterocycles. The normalized spacial score (nSPS) is 10.8. The van der Waals surface area contributed by atoms with Gasteiger partial charge in [0.1, 0.15) is 12.1 Å². The molecule has 0 bridgehead atoms. The Morgan fingerprint density at radius 1 is 1.19 bits per heavy atom. The Morgan fingerprint density at radius 3 is 2.67 bits per heavy atom. The molecule has 3 aromatic rings. The van der Waals surface area contributed by atoms with E-state index < -0.39 is 0 Å². The van der Waals surface area contributed by atoms with Gasteiger partial charge in [0.05, 0.1) is 11.4 Å². The average molecular weight is 382 g/mol. The maximum absolute atomic E-state index is 12.4. The lowest BCUT2D eigenvalue weighted by Crippen LogP contribution is -2.15. The largest absolute Gasteiger partial charge is 0.455 e. The predicted octanol–water partition coefficient (Wildman–Crippen LogP) is 4.69. The lowest BCUT2D eigenvalue weighted by atomic mass is 10.2. The summed E-state index contributed by atoms with van der Waals surface area (Å²) in [6, 6.07) is 15.4. The molecule has 6 nitrogen and oxygen atoms in total. The Bertz CT molecular complexity index is 906. The minimum absolute atomic E-state index is 0.127. The minimum atomic E-state index is -0.127. The Kier molecular flexibility index (Phi) is 6.13. The molecule has 1 aromatic heterocycles. The molecule has 0 aliphatic rings. The second kappa shape index (κ2) is 8.73. The van der Waals surface area contributed by atoms with E-state index >= 15 is 0 Å². The molecular formula is C20H22N4O2S. The van der Waals surface area contributed by atoms with E-state index in [1.165, 1.54) is 11.8 Å². The van der Waals surface area contributed by atoms with Crippen molar-refractivity contribution in [1.29, 1.82) is 0 Å². The number of hydrogen-bond acceptors (Lipinski definition) is 5. The summed E-state index contributed by atoms with van der Waals surface area (Å²) in [5, 5.41) is 11.6. The van der Waals surface area contributed by atoms with Gasteiger partial charge < -0.3 is 14.6 Å². The van der Waals surface area contributed by atoms with E-state index in [-0.39, 0.29) is 17.7 Å². The highest BCUT2D eigenvalue weighted by atomic mass is 32.2. The first kappa shape index (κ1) is 19.0. The molecule has 0 aliphatic heterocycles. The van der Waals surface area contributed by atoms with Crippen LogP contribution in [0.25, 0.3) is 0 Å². The number of nitrogens with zero attached hydrogens (tertiary/aromatic N) is 3. The lowest BCUT2D eigenvalue weighted by Gasteiger charge is -2.13. The average Bonchev–Trinajstić information content (AvgIpc) is 3.12. The first-order valence-electron chi connectivity index (χ1n) is 8.68. The van der Waals surface area contributed by atoms with Crippen LogP contribution in [0, 0.1) is 6.92 Å². The number of aromatic nitrogens is 3. The summed E-state index contributed by atoms with van der Waals surface area (Å²) in [5.74, 6) is 1.44. The van der Waals surface area contributed by atoms with E-state index in [1.54, 1.807) is 6.33 Å². The zero-order valence-corrected chi connectivity index (χ0v) is 16.4. The fourth-order valence-corrected chi connectivity index (χ4v) is 3.24. The number of aryl methyl sites for hydroxylation is 1. The van der Waals surface area contributed by atoms with Gasteiger partial charge >= 0.3 is 0 Å². The van der Waals surface area contributed by atoms with Crippen molar-refractivity contribution in [3.8, 4) is 11.5 Å². The van der Waals surface area contributed by atoms with Crippen LogP contribution in [0.2, 0.25) is 0 Å². The quantitative estimate of drug-likeness (QED) is 0.600. The van der Waals surface area contributed by atoms with E-state index in [9.17, 15) is 4.79 Å². The molecule has 1 N–H and O–H groups in total. The summed E-state index contributed by atoms with van der Waals surface area (Å²) in [4.78, 5) is 12.4. The maximum Gasteiger partial charge on any atom is 0.234 e. The number of nitrogens with one attached hydrogen (secondary N) is 1. The van der Waals surface area contributed by atoms with Crippen LogP contribution in [0.4, 0.5) is 5.69 Å². The molecule has 0 aliphatic carbocycles. The van der Waals surface area contributed by atoms with Crippen LogP contribution in [0.15, 0.2) is 60.0 Å². The third-order valence-electron chi connectivity index (χ3n) is 3.84. The fraction of sp³-hybridized carbons (Fsp3) is 0.250. The number of hydrogen-bond donors (Lipinski definition) is 1. The van der Waals surface area contributed by atoms with Crippen LogP contribution in [-0.2, 0) is 4.79 Å². The second-order valence-corrected chi connectivity index (χ2v) is 7.31. The van der Waals surface area contributed by atoms with Gasteiger partial charge in [-0.25, -0.2) is 0 Å². The zero-order chi connectivity index (χ0) is 19.2. The van der Waals surface area contributed by atoms with Crippen molar-refractivity contribution in [3.63, 3.8) is 0 Å². The van der Waals surface area contributed by atoms with Crippen LogP contribution in [0.5, 0.6) is 11.5 Å². The molecule has 0 radical (unpaired) electrons. The molecule has 1 amide bonds. The molecule has 0 spiro atoms. The Balaban J connectivity index is 1.64. The summed E-state index contributed by atoms with van der Waals surface area (Å²) in [6.45, 7) is 6.12. The molecule has 0 saturated heterocycles. The van der Waals surface area contributed by atoms with Crippen molar-refractivity contribution < 1.29 is 9.53 Å². The number of anilines is 1. The maximum atomic E-state index is 12.4. The molecule has 0 unspecified atom stereocenters. The van der Waals surface area contributed by atoms with E-state index in [2.05, 4.69) is 15.5 Å². The van der Waals surface area contributed by atoms with Crippen LogP contribution >= 0.6 is 11.8 Å². The highest BCUT2D eigenvalue weighted by Gasteiger charge is 2.12. The molecule has 0 atom stereocenters. The van der Waals surface area contributed by atoms with Crippen molar-refractivity contribution in [2.24, 2.45) is 0 Å².